The van der Waals surface area contributed by atoms with E-state index in [4.69, 9.17) is 0 Å². The Bertz CT molecular complexity index is 762. The van der Waals surface area contributed by atoms with E-state index in [1.807, 2.05) is 28.0 Å². The van der Waals surface area contributed by atoms with Crippen molar-refractivity contribution in [3.63, 3.8) is 0 Å². The van der Waals surface area contributed by atoms with E-state index >= 15 is 0 Å². The van der Waals surface area contributed by atoms with Crippen molar-refractivity contribution in [3.8, 4) is 0 Å². The van der Waals surface area contributed by atoms with Crippen LogP contribution in [-0.2, 0) is 11.2 Å². The van der Waals surface area contributed by atoms with Crippen LogP contribution in [0.3, 0.4) is 0 Å². The first kappa shape index (κ1) is 16.3. The number of amides is 2. The molecule has 1 aromatic carbocycles. The summed E-state index contributed by atoms with van der Waals surface area (Å²) in [5, 5.41) is 0.956. The van der Waals surface area contributed by atoms with Crippen LogP contribution in [-0.4, -0.2) is 52.8 Å². The molecule has 0 bridgehead atoms. The third-order valence-corrected chi connectivity index (χ3v) is 5.75. The Morgan fingerprint density at radius 2 is 1.72 bits per heavy atom. The van der Waals surface area contributed by atoms with Crippen molar-refractivity contribution < 1.29 is 9.59 Å². The van der Waals surface area contributed by atoms with Gasteiger partial charge in [-0.3, -0.25) is 9.59 Å². The van der Waals surface area contributed by atoms with E-state index in [1.54, 1.807) is 6.20 Å². The number of benzene rings is 1. The average Bonchev–Trinajstić information content (AvgIpc) is 3.41. The number of carbonyl (C=O) groups is 2. The molecule has 6 heteroatoms. The van der Waals surface area contributed by atoms with Crippen LogP contribution in [0.1, 0.15) is 33.1 Å². The highest BCUT2D eigenvalue weighted by Crippen LogP contribution is 2.31. The first-order valence-electron chi connectivity index (χ1n) is 8.77. The molecule has 130 valence electrons. The van der Waals surface area contributed by atoms with Gasteiger partial charge < -0.3 is 9.80 Å². The normalized spacial score (nSPS) is 17.6. The van der Waals surface area contributed by atoms with Crippen molar-refractivity contribution in [1.82, 2.24) is 14.8 Å². The highest BCUT2D eigenvalue weighted by Gasteiger charge is 2.35. The maximum atomic E-state index is 12.7. The monoisotopic (exact) mass is 355 g/mol. The SMILES string of the molecule is O=C(c1cnc(Cc2ccccc2)s1)N1CCN(C(=O)C2CC2)CC1. The molecule has 1 aliphatic heterocycles. The quantitative estimate of drug-likeness (QED) is 0.846. The number of thiazole rings is 1. The van der Waals surface area contributed by atoms with Crippen molar-refractivity contribution in [2.24, 2.45) is 5.92 Å². The molecule has 1 aliphatic carbocycles. The number of aromatic nitrogens is 1. The van der Waals surface area contributed by atoms with Gasteiger partial charge in [-0.2, -0.15) is 0 Å². The van der Waals surface area contributed by atoms with Crippen molar-refractivity contribution in [2.45, 2.75) is 19.3 Å². The van der Waals surface area contributed by atoms with Crippen LogP contribution in [0, 0.1) is 5.92 Å². The van der Waals surface area contributed by atoms with Crippen LogP contribution in [0.25, 0.3) is 0 Å². The Hall–Kier alpha value is -2.21. The molecule has 0 radical (unpaired) electrons. The molecule has 2 amide bonds. The molecule has 4 rings (SSSR count). The third kappa shape index (κ3) is 3.74. The second-order valence-corrected chi connectivity index (χ2v) is 7.79. The minimum absolute atomic E-state index is 0.0373. The number of carbonyl (C=O) groups excluding carboxylic acids is 2. The van der Waals surface area contributed by atoms with Gasteiger partial charge in [0, 0.05) is 38.5 Å². The topological polar surface area (TPSA) is 53.5 Å². The third-order valence-electron chi connectivity index (χ3n) is 4.77. The van der Waals surface area contributed by atoms with E-state index in [9.17, 15) is 9.59 Å². The van der Waals surface area contributed by atoms with Crippen molar-refractivity contribution in [1.29, 1.82) is 0 Å². The van der Waals surface area contributed by atoms with Crippen LogP contribution in [0.15, 0.2) is 36.5 Å². The zero-order valence-electron chi connectivity index (χ0n) is 14.1. The summed E-state index contributed by atoms with van der Waals surface area (Å²) >= 11 is 1.47. The number of nitrogens with zero attached hydrogens (tertiary/aromatic N) is 3. The lowest BCUT2D eigenvalue weighted by Gasteiger charge is -2.34. The summed E-state index contributed by atoms with van der Waals surface area (Å²) in [6.07, 6.45) is 4.50. The van der Waals surface area contributed by atoms with Gasteiger partial charge in [0.15, 0.2) is 0 Å². The second-order valence-electron chi connectivity index (χ2n) is 6.67. The van der Waals surface area contributed by atoms with E-state index in [0.717, 1.165) is 24.3 Å². The first-order chi connectivity index (χ1) is 12.2. The molecule has 1 saturated carbocycles. The molecule has 2 fully saturated rings. The lowest BCUT2D eigenvalue weighted by molar-refractivity contribution is -0.134. The molecule has 1 aromatic heterocycles. The minimum Gasteiger partial charge on any atom is -0.339 e. The summed E-state index contributed by atoms with van der Waals surface area (Å²) in [6, 6.07) is 10.2. The molecule has 2 heterocycles. The summed E-state index contributed by atoms with van der Waals surface area (Å²) in [5.74, 6) is 0.565. The fraction of sp³-hybridized carbons (Fsp3) is 0.421. The summed E-state index contributed by atoms with van der Waals surface area (Å²) in [6.45, 7) is 2.53. The largest absolute Gasteiger partial charge is 0.339 e. The second kappa shape index (κ2) is 6.96. The number of piperazine rings is 1. The van der Waals surface area contributed by atoms with Crippen LogP contribution < -0.4 is 0 Å². The highest BCUT2D eigenvalue weighted by atomic mass is 32.1. The minimum atomic E-state index is 0.0373. The van der Waals surface area contributed by atoms with Crippen LogP contribution in [0.2, 0.25) is 0 Å². The lowest BCUT2D eigenvalue weighted by atomic mass is 10.2. The van der Waals surface area contributed by atoms with E-state index < -0.39 is 0 Å². The summed E-state index contributed by atoms with van der Waals surface area (Å²) in [5.41, 5.74) is 1.20. The van der Waals surface area contributed by atoms with Gasteiger partial charge in [0.05, 0.1) is 11.2 Å². The van der Waals surface area contributed by atoms with E-state index in [-0.39, 0.29) is 17.7 Å². The Balaban J connectivity index is 1.34. The van der Waals surface area contributed by atoms with Gasteiger partial charge in [0.25, 0.3) is 5.91 Å². The fourth-order valence-corrected chi connectivity index (χ4v) is 4.06. The molecule has 5 nitrogen and oxygen atoms in total. The van der Waals surface area contributed by atoms with Crippen LogP contribution in [0.4, 0.5) is 0 Å². The molecule has 0 N–H and O–H groups in total. The van der Waals surface area contributed by atoms with Gasteiger partial charge in [-0.05, 0) is 18.4 Å². The van der Waals surface area contributed by atoms with E-state index in [2.05, 4.69) is 17.1 Å². The van der Waals surface area contributed by atoms with Gasteiger partial charge >= 0.3 is 0 Å². The highest BCUT2D eigenvalue weighted by molar-refractivity contribution is 7.13. The Kier molecular flexibility index (Phi) is 4.53. The van der Waals surface area contributed by atoms with Crippen molar-refractivity contribution in [3.05, 3.63) is 52.0 Å². The summed E-state index contributed by atoms with van der Waals surface area (Å²) in [7, 11) is 0. The smallest absolute Gasteiger partial charge is 0.265 e. The van der Waals surface area contributed by atoms with Gasteiger partial charge in [-0.25, -0.2) is 4.98 Å². The maximum absolute atomic E-state index is 12.7. The molecular weight excluding hydrogens is 334 g/mol. The first-order valence-corrected chi connectivity index (χ1v) is 9.59. The summed E-state index contributed by atoms with van der Waals surface area (Å²) in [4.78, 5) is 33.6. The van der Waals surface area contributed by atoms with E-state index in [1.165, 1.54) is 16.9 Å². The van der Waals surface area contributed by atoms with Crippen molar-refractivity contribution >= 4 is 23.2 Å². The molecule has 2 aromatic rings. The predicted octanol–water partition coefficient (Wildman–Crippen LogP) is 2.43. The predicted molar refractivity (Wildman–Crippen MR) is 96.6 cm³/mol. The number of hydrogen-bond acceptors (Lipinski definition) is 4. The molecule has 25 heavy (non-hydrogen) atoms. The van der Waals surface area contributed by atoms with Crippen molar-refractivity contribution in [2.75, 3.05) is 26.2 Å². The fourth-order valence-electron chi connectivity index (χ4n) is 3.14. The van der Waals surface area contributed by atoms with E-state index in [0.29, 0.717) is 31.1 Å². The zero-order chi connectivity index (χ0) is 17.2. The standard InChI is InChI=1S/C19H21N3O2S/c23-18(15-6-7-15)21-8-10-22(11-9-21)19(24)16-13-20-17(25-16)12-14-4-2-1-3-5-14/h1-5,13,15H,6-12H2. The van der Waals surface area contributed by atoms with Gasteiger partial charge in [0.2, 0.25) is 5.91 Å². The van der Waals surface area contributed by atoms with Gasteiger partial charge in [-0.15, -0.1) is 11.3 Å². The lowest BCUT2D eigenvalue weighted by Crippen LogP contribution is -2.50. The van der Waals surface area contributed by atoms with Crippen LogP contribution >= 0.6 is 11.3 Å². The summed E-state index contributed by atoms with van der Waals surface area (Å²) < 4.78 is 0. The number of rotatable bonds is 4. The molecular formula is C19H21N3O2S. The molecule has 0 unspecified atom stereocenters. The Labute approximate surface area is 151 Å². The van der Waals surface area contributed by atoms with Gasteiger partial charge in [0.1, 0.15) is 4.88 Å². The maximum Gasteiger partial charge on any atom is 0.265 e. The van der Waals surface area contributed by atoms with Gasteiger partial charge in [-0.1, -0.05) is 30.3 Å². The zero-order valence-corrected chi connectivity index (χ0v) is 14.9. The Morgan fingerprint density at radius 3 is 2.40 bits per heavy atom. The average molecular weight is 355 g/mol. The van der Waals surface area contributed by atoms with Crippen LogP contribution in [0.5, 0.6) is 0 Å². The molecule has 0 atom stereocenters. The number of hydrogen-bond donors (Lipinski definition) is 0. The molecule has 1 saturated heterocycles. The molecule has 2 aliphatic rings. The Morgan fingerprint density at radius 1 is 1.04 bits per heavy atom. The molecule has 0 spiro atoms.